The average molecular weight is 495 g/mol. The topological polar surface area (TPSA) is 130 Å². The number of amides is 2. The van der Waals surface area contributed by atoms with Crippen LogP contribution >= 0.6 is 28.6 Å². The first kappa shape index (κ1) is 28.0. The van der Waals surface area contributed by atoms with Crippen molar-refractivity contribution in [3.63, 3.8) is 0 Å². The second kappa shape index (κ2) is 17.9. The Morgan fingerprint density at radius 2 is 1.72 bits per heavy atom. The van der Waals surface area contributed by atoms with Crippen LogP contribution in [-0.4, -0.2) is 59.8 Å². The summed E-state index contributed by atoms with van der Waals surface area (Å²) < 4.78 is 0. The van der Waals surface area contributed by atoms with E-state index < -0.39 is 6.04 Å². The summed E-state index contributed by atoms with van der Waals surface area (Å²) in [6, 6.07) is -0.451. The molecule has 0 saturated heterocycles. The summed E-state index contributed by atoms with van der Waals surface area (Å²) in [6.07, 6.45) is 5.33. The van der Waals surface area contributed by atoms with Crippen LogP contribution in [0.2, 0.25) is 0 Å². The highest BCUT2D eigenvalue weighted by Gasteiger charge is 2.21. The van der Waals surface area contributed by atoms with E-state index in [4.69, 9.17) is 5.73 Å². The third kappa shape index (κ3) is 15.5. The number of alkyl halides is 1. The van der Waals surface area contributed by atoms with Gasteiger partial charge in [-0.05, 0) is 32.1 Å². The van der Waals surface area contributed by atoms with Gasteiger partial charge in [0.05, 0.1) is 29.8 Å². The van der Waals surface area contributed by atoms with E-state index in [0.717, 1.165) is 32.1 Å². The zero-order chi connectivity index (χ0) is 22.1. The first-order valence-corrected chi connectivity index (χ1v) is 11.8. The van der Waals surface area contributed by atoms with Gasteiger partial charge in [0.15, 0.2) is 5.78 Å². The first-order valence-electron chi connectivity index (χ1n) is 10.0. The van der Waals surface area contributed by atoms with Gasteiger partial charge in [-0.2, -0.15) is 12.6 Å². The lowest BCUT2D eigenvalue weighted by Crippen LogP contribution is -2.53. The van der Waals surface area contributed by atoms with Gasteiger partial charge >= 0.3 is 0 Å². The van der Waals surface area contributed by atoms with E-state index in [-0.39, 0.29) is 41.8 Å². The molecule has 8 nitrogen and oxygen atoms in total. The summed E-state index contributed by atoms with van der Waals surface area (Å²) in [5.41, 5.74) is 5.55. The Kier molecular flexibility index (Phi) is 17.3. The van der Waals surface area contributed by atoms with E-state index in [1.165, 1.54) is 6.92 Å². The first-order chi connectivity index (χ1) is 13.8. The maximum atomic E-state index is 12.2. The number of ketones is 2. The molecule has 0 bridgehead atoms. The second-order valence-corrected chi connectivity index (χ2v) is 7.80. The van der Waals surface area contributed by atoms with Crippen LogP contribution in [0.5, 0.6) is 0 Å². The molecule has 0 fully saturated rings. The van der Waals surface area contributed by atoms with Gasteiger partial charge in [0.1, 0.15) is 5.78 Å². The third-order valence-electron chi connectivity index (χ3n) is 4.36. The molecule has 0 aromatic rings. The Labute approximate surface area is 187 Å². The highest BCUT2D eigenvalue weighted by molar-refractivity contribution is 9.09. The zero-order valence-electron chi connectivity index (χ0n) is 17.2. The number of carbonyl (C=O) groups excluding carboxylic acids is 4. The van der Waals surface area contributed by atoms with Crippen LogP contribution in [-0.2, 0) is 19.2 Å². The van der Waals surface area contributed by atoms with Crippen LogP contribution in [0.15, 0.2) is 0 Å². The molecule has 168 valence electrons. The molecule has 0 heterocycles. The van der Waals surface area contributed by atoms with Gasteiger partial charge < -0.3 is 16.4 Å². The third-order valence-corrected chi connectivity index (χ3v) is 5.27. The Bertz CT molecular complexity index is 522. The molecule has 2 amide bonds. The minimum atomic E-state index is -0.451. The average Bonchev–Trinajstić information content (AvgIpc) is 2.70. The summed E-state index contributed by atoms with van der Waals surface area (Å²) in [5.74, 6) is -0.174. The molecule has 0 aromatic heterocycles. The minimum Gasteiger partial charge on any atom is -0.356 e. The number of carbonyl (C=O) groups is 4. The SMILES string of the molecule is CC(=O)NCCCCC(NC(=O)CS)N[C@@H](CCCCCC(=O)CBr)C(=O)CN. The molecule has 0 rings (SSSR count). The van der Waals surface area contributed by atoms with Crippen molar-refractivity contribution in [2.75, 3.05) is 24.2 Å². The number of hydrogen-bond acceptors (Lipinski definition) is 7. The number of halogens is 1. The van der Waals surface area contributed by atoms with E-state index in [9.17, 15) is 19.2 Å². The molecule has 5 N–H and O–H groups in total. The summed E-state index contributed by atoms with van der Waals surface area (Å²) in [6.45, 7) is 1.96. The lowest BCUT2D eigenvalue weighted by molar-refractivity contribution is -0.122. The van der Waals surface area contributed by atoms with Crippen molar-refractivity contribution in [1.82, 2.24) is 16.0 Å². The summed E-state index contributed by atoms with van der Waals surface area (Å²) in [5, 5.41) is 9.17. The normalized spacial score (nSPS) is 12.8. The van der Waals surface area contributed by atoms with Gasteiger partial charge in [0.25, 0.3) is 0 Å². The van der Waals surface area contributed by atoms with Crippen molar-refractivity contribution in [2.45, 2.75) is 70.5 Å². The van der Waals surface area contributed by atoms with Crippen molar-refractivity contribution >= 4 is 51.9 Å². The van der Waals surface area contributed by atoms with Crippen molar-refractivity contribution in [2.24, 2.45) is 5.73 Å². The molecule has 29 heavy (non-hydrogen) atoms. The van der Waals surface area contributed by atoms with Crippen LogP contribution in [0.4, 0.5) is 0 Å². The molecular formula is C19H35BrN4O4S. The second-order valence-electron chi connectivity index (χ2n) is 6.92. The van der Waals surface area contributed by atoms with Crippen LogP contribution in [0.25, 0.3) is 0 Å². The molecule has 0 aliphatic rings. The van der Waals surface area contributed by atoms with Gasteiger partial charge in [-0.1, -0.05) is 28.8 Å². The maximum Gasteiger partial charge on any atom is 0.230 e. The van der Waals surface area contributed by atoms with Crippen molar-refractivity contribution in [3.8, 4) is 0 Å². The zero-order valence-corrected chi connectivity index (χ0v) is 19.7. The predicted molar refractivity (Wildman–Crippen MR) is 121 cm³/mol. The quantitative estimate of drug-likeness (QED) is 0.0837. The highest BCUT2D eigenvalue weighted by Crippen LogP contribution is 2.10. The molecule has 10 heteroatoms. The summed E-state index contributed by atoms with van der Waals surface area (Å²) in [7, 11) is 0. The van der Waals surface area contributed by atoms with E-state index in [1.54, 1.807) is 0 Å². The predicted octanol–water partition coefficient (Wildman–Crippen LogP) is 1.07. The monoisotopic (exact) mass is 494 g/mol. The standard InChI is InChI=1S/C19H35BrN4O4S/c1-14(25)22-10-6-5-9-18(24-19(28)13-29)23-16(17(27)12-21)8-4-2-3-7-15(26)11-20/h16,18,23,29H,2-13,21H2,1H3,(H,22,25)(H,24,28)/t16-,18?/m0/s1. The fourth-order valence-corrected chi connectivity index (χ4v) is 3.18. The Morgan fingerprint density at radius 1 is 1.03 bits per heavy atom. The molecule has 0 aromatic carbocycles. The van der Waals surface area contributed by atoms with Crippen molar-refractivity contribution in [3.05, 3.63) is 0 Å². The van der Waals surface area contributed by atoms with Gasteiger partial charge in [0, 0.05) is 19.9 Å². The van der Waals surface area contributed by atoms with Crippen LogP contribution < -0.4 is 21.7 Å². The molecule has 2 atom stereocenters. The fraction of sp³-hybridized carbons (Fsp3) is 0.789. The van der Waals surface area contributed by atoms with Crippen LogP contribution in [0.3, 0.4) is 0 Å². The molecule has 1 unspecified atom stereocenters. The Balaban J connectivity index is 4.61. The molecule has 0 spiro atoms. The Hall–Kier alpha value is -0.970. The lowest BCUT2D eigenvalue weighted by atomic mass is 10.0. The summed E-state index contributed by atoms with van der Waals surface area (Å²) >= 11 is 7.13. The van der Waals surface area contributed by atoms with Crippen LogP contribution in [0.1, 0.15) is 58.3 Å². The summed E-state index contributed by atoms with van der Waals surface area (Å²) in [4.78, 5) is 46.3. The largest absolute Gasteiger partial charge is 0.356 e. The van der Waals surface area contributed by atoms with E-state index in [2.05, 4.69) is 44.5 Å². The fourth-order valence-electron chi connectivity index (χ4n) is 2.81. The Morgan fingerprint density at radius 3 is 2.31 bits per heavy atom. The van der Waals surface area contributed by atoms with E-state index in [0.29, 0.717) is 31.1 Å². The number of Topliss-reactive ketones (excluding diaryl/α,β-unsaturated/α-hetero) is 2. The number of nitrogens with one attached hydrogen (secondary N) is 3. The number of thiol groups is 1. The van der Waals surface area contributed by atoms with Crippen molar-refractivity contribution < 1.29 is 19.2 Å². The van der Waals surface area contributed by atoms with Gasteiger partial charge in [0.2, 0.25) is 11.8 Å². The number of rotatable bonds is 18. The molecule has 0 radical (unpaired) electrons. The van der Waals surface area contributed by atoms with Crippen LogP contribution in [0, 0.1) is 0 Å². The van der Waals surface area contributed by atoms with E-state index >= 15 is 0 Å². The van der Waals surface area contributed by atoms with Crippen molar-refractivity contribution in [1.29, 1.82) is 0 Å². The maximum absolute atomic E-state index is 12.2. The lowest BCUT2D eigenvalue weighted by Gasteiger charge is -2.26. The number of unbranched alkanes of at least 4 members (excludes halogenated alkanes) is 3. The highest BCUT2D eigenvalue weighted by atomic mass is 79.9. The molecule has 0 saturated carbocycles. The van der Waals surface area contributed by atoms with Gasteiger partial charge in [-0.3, -0.25) is 24.5 Å². The molecule has 0 aliphatic carbocycles. The van der Waals surface area contributed by atoms with E-state index in [1.807, 2.05) is 0 Å². The number of hydrogen-bond donors (Lipinski definition) is 5. The molecular weight excluding hydrogens is 460 g/mol. The molecule has 0 aliphatic heterocycles. The smallest absolute Gasteiger partial charge is 0.230 e. The number of nitrogens with two attached hydrogens (primary N) is 1. The van der Waals surface area contributed by atoms with Gasteiger partial charge in [-0.15, -0.1) is 0 Å². The minimum absolute atomic E-state index is 0.0567. The van der Waals surface area contributed by atoms with Gasteiger partial charge in [-0.25, -0.2) is 0 Å².